The van der Waals surface area contributed by atoms with E-state index in [4.69, 9.17) is 9.15 Å². The highest BCUT2D eigenvalue weighted by Gasteiger charge is 2.14. The Balaban J connectivity index is 2.10. The number of hydrogen-bond donors (Lipinski definition) is 0. The number of hydrogen-bond acceptors (Lipinski definition) is 5. The summed E-state index contributed by atoms with van der Waals surface area (Å²) in [5, 5.41) is 0. The zero-order valence-electron chi connectivity index (χ0n) is 10.6. The summed E-state index contributed by atoms with van der Waals surface area (Å²) in [6.07, 6.45) is 2.46. The summed E-state index contributed by atoms with van der Waals surface area (Å²) in [4.78, 5) is 22.7. The lowest BCUT2D eigenvalue weighted by atomic mass is 10.1. The van der Waals surface area contributed by atoms with Crippen molar-refractivity contribution in [3.8, 4) is 5.75 Å². The number of ether oxygens (including phenoxy) is 2. The molecule has 0 amide bonds. The molecule has 0 saturated carbocycles. The molecule has 0 fully saturated rings. The molecule has 5 nitrogen and oxygen atoms in total. The van der Waals surface area contributed by atoms with Gasteiger partial charge in [-0.15, -0.1) is 0 Å². The molecule has 1 aromatic carbocycles. The smallest absolute Gasteiger partial charge is 0.346 e. The molecule has 0 unspecified atom stereocenters. The molecular formula is C14H11FO5. The normalized spacial score (nSPS) is 10.1. The first-order valence-corrected chi connectivity index (χ1v) is 5.70. The summed E-state index contributed by atoms with van der Waals surface area (Å²) in [5.41, 5.74) is 0.612. The SMILES string of the molecule is COC(=O)Cc1ccc(OC(=O)c2ccoc2)c(F)c1. The molecule has 0 bridgehead atoms. The van der Waals surface area contributed by atoms with Crippen LogP contribution in [-0.4, -0.2) is 19.0 Å². The fourth-order valence-electron chi connectivity index (χ4n) is 1.52. The molecule has 2 aromatic rings. The number of halogens is 1. The Labute approximate surface area is 113 Å². The van der Waals surface area contributed by atoms with Crippen LogP contribution in [0, 0.1) is 5.82 Å². The zero-order valence-corrected chi connectivity index (χ0v) is 10.6. The average molecular weight is 278 g/mol. The number of rotatable bonds is 4. The zero-order chi connectivity index (χ0) is 14.5. The van der Waals surface area contributed by atoms with Crippen LogP contribution in [0.1, 0.15) is 15.9 Å². The van der Waals surface area contributed by atoms with Crippen molar-refractivity contribution in [2.45, 2.75) is 6.42 Å². The molecule has 0 spiro atoms. The van der Waals surface area contributed by atoms with Gasteiger partial charge in [-0.25, -0.2) is 9.18 Å². The minimum Gasteiger partial charge on any atom is -0.472 e. The van der Waals surface area contributed by atoms with Crippen molar-refractivity contribution >= 4 is 11.9 Å². The van der Waals surface area contributed by atoms with Crippen LogP contribution in [0.15, 0.2) is 41.2 Å². The second kappa shape index (κ2) is 6.01. The molecule has 1 aromatic heterocycles. The summed E-state index contributed by atoms with van der Waals surface area (Å²) in [6, 6.07) is 5.30. The van der Waals surface area contributed by atoms with E-state index >= 15 is 0 Å². The molecule has 0 saturated heterocycles. The van der Waals surface area contributed by atoms with Gasteiger partial charge in [-0.1, -0.05) is 6.07 Å². The van der Waals surface area contributed by atoms with Gasteiger partial charge in [0.25, 0.3) is 0 Å². The van der Waals surface area contributed by atoms with Crippen LogP contribution in [0.5, 0.6) is 5.75 Å². The van der Waals surface area contributed by atoms with Gasteiger partial charge in [-0.3, -0.25) is 4.79 Å². The van der Waals surface area contributed by atoms with Crippen LogP contribution in [0.3, 0.4) is 0 Å². The first kappa shape index (κ1) is 13.8. The van der Waals surface area contributed by atoms with Gasteiger partial charge in [0.15, 0.2) is 11.6 Å². The molecule has 2 rings (SSSR count). The van der Waals surface area contributed by atoms with Crippen molar-refractivity contribution in [3.05, 3.63) is 53.7 Å². The number of carbonyl (C=O) groups excluding carboxylic acids is 2. The maximum Gasteiger partial charge on any atom is 0.346 e. The highest BCUT2D eigenvalue weighted by atomic mass is 19.1. The van der Waals surface area contributed by atoms with E-state index in [1.54, 1.807) is 0 Å². The third kappa shape index (κ3) is 3.23. The Morgan fingerprint density at radius 1 is 1.30 bits per heavy atom. The van der Waals surface area contributed by atoms with Gasteiger partial charge in [-0.05, 0) is 23.8 Å². The minimum absolute atomic E-state index is 0.0522. The quantitative estimate of drug-likeness (QED) is 0.634. The Hall–Kier alpha value is -2.63. The minimum atomic E-state index is -0.733. The van der Waals surface area contributed by atoms with Crippen LogP contribution < -0.4 is 4.74 Å². The van der Waals surface area contributed by atoms with Crippen LogP contribution in [0.2, 0.25) is 0 Å². The van der Waals surface area contributed by atoms with Crippen molar-refractivity contribution < 1.29 is 27.9 Å². The molecule has 6 heteroatoms. The Bertz CT molecular complexity index is 618. The first-order chi connectivity index (χ1) is 9.60. The highest BCUT2D eigenvalue weighted by molar-refractivity contribution is 5.90. The van der Waals surface area contributed by atoms with E-state index in [-0.39, 0.29) is 17.7 Å². The summed E-state index contributed by atoms with van der Waals surface area (Å²) in [6.45, 7) is 0. The molecule has 0 aliphatic carbocycles. The summed E-state index contributed by atoms with van der Waals surface area (Å²) in [7, 11) is 1.25. The standard InChI is InChI=1S/C14H11FO5/c1-18-13(16)7-9-2-3-12(11(15)6-9)20-14(17)10-4-5-19-8-10/h2-6,8H,7H2,1H3. The maximum absolute atomic E-state index is 13.8. The lowest BCUT2D eigenvalue weighted by molar-refractivity contribution is -0.139. The monoisotopic (exact) mass is 278 g/mol. The lowest BCUT2D eigenvalue weighted by Gasteiger charge is -2.06. The number of methoxy groups -OCH3 is 1. The highest BCUT2D eigenvalue weighted by Crippen LogP contribution is 2.20. The summed E-state index contributed by atoms with van der Waals surface area (Å²) in [5.74, 6) is -2.15. The topological polar surface area (TPSA) is 65.7 Å². The fraction of sp³-hybridized carbons (Fsp3) is 0.143. The number of esters is 2. The van der Waals surface area contributed by atoms with Gasteiger partial charge < -0.3 is 13.9 Å². The Morgan fingerprint density at radius 3 is 2.70 bits per heavy atom. The van der Waals surface area contributed by atoms with Crippen molar-refractivity contribution in [2.24, 2.45) is 0 Å². The van der Waals surface area contributed by atoms with E-state index in [2.05, 4.69) is 4.74 Å². The molecule has 0 aliphatic rings. The molecule has 20 heavy (non-hydrogen) atoms. The summed E-state index contributed by atoms with van der Waals surface area (Å²) < 4.78 is 27.9. The first-order valence-electron chi connectivity index (χ1n) is 5.70. The van der Waals surface area contributed by atoms with Gasteiger partial charge in [0.05, 0.1) is 25.4 Å². The summed E-state index contributed by atoms with van der Waals surface area (Å²) >= 11 is 0. The second-order valence-electron chi connectivity index (χ2n) is 3.92. The van der Waals surface area contributed by atoms with Gasteiger partial charge in [0.2, 0.25) is 0 Å². The van der Waals surface area contributed by atoms with Crippen molar-refractivity contribution in [2.75, 3.05) is 7.11 Å². The van der Waals surface area contributed by atoms with Gasteiger partial charge in [-0.2, -0.15) is 0 Å². The lowest BCUT2D eigenvalue weighted by Crippen LogP contribution is -2.09. The predicted molar refractivity (Wildman–Crippen MR) is 65.8 cm³/mol. The predicted octanol–water partition coefficient (Wildman–Crippen LogP) is 2.35. The van der Waals surface area contributed by atoms with E-state index in [9.17, 15) is 14.0 Å². The van der Waals surface area contributed by atoms with E-state index in [1.807, 2.05) is 0 Å². The van der Waals surface area contributed by atoms with Crippen LogP contribution in [0.4, 0.5) is 4.39 Å². The van der Waals surface area contributed by atoms with Crippen LogP contribution >= 0.6 is 0 Å². The van der Waals surface area contributed by atoms with Gasteiger partial charge >= 0.3 is 11.9 Å². The average Bonchev–Trinajstić information content (AvgIpc) is 2.95. The Kier molecular flexibility index (Phi) is 4.14. The Morgan fingerprint density at radius 2 is 2.10 bits per heavy atom. The number of furan rings is 1. The third-order valence-corrected chi connectivity index (χ3v) is 2.53. The van der Waals surface area contributed by atoms with Gasteiger partial charge in [0.1, 0.15) is 6.26 Å². The number of carbonyl (C=O) groups is 2. The largest absolute Gasteiger partial charge is 0.472 e. The maximum atomic E-state index is 13.8. The van der Waals surface area contributed by atoms with Crippen molar-refractivity contribution in [1.29, 1.82) is 0 Å². The second-order valence-corrected chi connectivity index (χ2v) is 3.92. The van der Waals surface area contributed by atoms with Crippen molar-refractivity contribution in [1.82, 2.24) is 0 Å². The molecule has 0 N–H and O–H groups in total. The van der Waals surface area contributed by atoms with Crippen LogP contribution in [-0.2, 0) is 16.0 Å². The van der Waals surface area contributed by atoms with Gasteiger partial charge in [0, 0.05) is 0 Å². The van der Waals surface area contributed by atoms with E-state index in [1.165, 1.54) is 37.8 Å². The molecule has 104 valence electrons. The molecule has 0 atom stereocenters. The van der Waals surface area contributed by atoms with E-state index in [0.717, 1.165) is 6.07 Å². The molecule has 0 aliphatic heterocycles. The van der Waals surface area contributed by atoms with Crippen molar-refractivity contribution in [3.63, 3.8) is 0 Å². The van der Waals surface area contributed by atoms with E-state index < -0.39 is 17.8 Å². The molecule has 0 radical (unpaired) electrons. The number of benzene rings is 1. The van der Waals surface area contributed by atoms with E-state index in [0.29, 0.717) is 5.56 Å². The fourth-order valence-corrected chi connectivity index (χ4v) is 1.52. The molecular weight excluding hydrogens is 267 g/mol. The third-order valence-electron chi connectivity index (χ3n) is 2.53. The van der Waals surface area contributed by atoms with Crippen LogP contribution in [0.25, 0.3) is 0 Å². The molecule has 1 heterocycles.